The summed E-state index contributed by atoms with van der Waals surface area (Å²) in [4.78, 5) is 41.3. The molecule has 14 heteroatoms. The highest BCUT2D eigenvalue weighted by Gasteiger charge is 2.54. The number of hydrogen-bond acceptors (Lipinski definition) is 9. The Morgan fingerprint density at radius 2 is 1.70 bits per heavy atom. The number of aliphatic hydroxyl groups is 1. The Balaban J connectivity index is 0.904. The van der Waals surface area contributed by atoms with Gasteiger partial charge in [0.05, 0.1) is 39.3 Å². The molecule has 54 heavy (non-hydrogen) atoms. The number of benzene rings is 2. The second-order valence-electron chi connectivity index (χ2n) is 15.3. The summed E-state index contributed by atoms with van der Waals surface area (Å²) in [7, 11) is 0. The zero-order chi connectivity index (χ0) is 37.1. The normalized spacial score (nSPS) is 20.8. The smallest absolute Gasteiger partial charge is 0.276 e. The molecule has 2 atom stereocenters. The molecule has 0 bridgehead atoms. The fourth-order valence-corrected chi connectivity index (χ4v) is 9.20. The van der Waals surface area contributed by atoms with Gasteiger partial charge in [-0.3, -0.25) is 29.1 Å². The Kier molecular flexibility index (Phi) is 9.06. The highest BCUT2D eigenvalue weighted by atomic mass is 35.5. The molecule has 7 heterocycles. The van der Waals surface area contributed by atoms with Gasteiger partial charge in [0, 0.05) is 93.6 Å². The van der Waals surface area contributed by atoms with Crippen molar-refractivity contribution in [1.82, 2.24) is 34.4 Å². The van der Waals surface area contributed by atoms with Crippen LogP contribution in [0.25, 0.3) is 22.0 Å². The largest absolute Gasteiger partial charge is 0.392 e. The molecule has 278 valence electrons. The molecule has 12 nitrogen and oxygen atoms in total. The SMILES string of the molecule is CC(=O)N1CC2(C1)CN(C1CCCn3nc(C(=O)Nc4cccc(-c5cccc(Nc6nccc7cc(CN8CC[C@@H](O)C8)cnc67)c5Cl)c4Cl)cc31)C2. The summed E-state index contributed by atoms with van der Waals surface area (Å²) >= 11 is 14.0. The Morgan fingerprint density at radius 1 is 0.944 bits per heavy atom. The number of fused-ring (bicyclic) bond motifs is 2. The molecule has 0 radical (unpaired) electrons. The van der Waals surface area contributed by atoms with Crippen molar-refractivity contribution in [2.24, 2.45) is 5.41 Å². The van der Waals surface area contributed by atoms with Crippen LogP contribution < -0.4 is 10.6 Å². The third-order valence-electron chi connectivity index (χ3n) is 11.3. The van der Waals surface area contributed by atoms with Crippen LogP contribution in [0.3, 0.4) is 0 Å². The molecule has 1 unspecified atom stereocenters. The number of amides is 2. The number of aliphatic hydroxyl groups excluding tert-OH is 1. The van der Waals surface area contributed by atoms with Crippen molar-refractivity contribution in [3.63, 3.8) is 0 Å². The average molecular weight is 767 g/mol. The first-order chi connectivity index (χ1) is 26.1. The number of β-amino-alcohol motifs (C(OH)–C–C–N with tert-alkyl or cyclic N) is 1. The predicted octanol–water partition coefficient (Wildman–Crippen LogP) is 6.36. The number of nitrogens with zero attached hydrogens (tertiary/aromatic N) is 7. The molecule has 3 fully saturated rings. The van der Waals surface area contributed by atoms with Gasteiger partial charge in [-0.2, -0.15) is 5.10 Å². The molecule has 2 amide bonds. The molecular weight excluding hydrogens is 725 g/mol. The van der Waals surface area contributed by atoms with Crippen LogP contribution in [0.1, 0.15) is 54.0 Å². The molecule has 9 rings (SSSR count). The lowest BCUT2D eigenvalue weighted by molar-refractivity contribution is -0.162. The molecule has 4 aliphatic heterocycles. The lowest BCUT2D eigenvalue weighted by Crippen LogP contribution is -2.73. The number of pyridine rings is 2. The molecule has 0 aliphatic carbocycles. The van der Waals surface area contributed by atoms with Gasteiger partial charge in [0.15, 0.2) is 11.5 Å². The standard InChI is InChI=1S/C40H41Cl2N9O3/c1-24(52)49-20-40(21-49)22-50(23-40)33-9-4-13-51-34(33)16-32(47-51)39(54)46-31-8-3-6-29(36(31)42)28-5-2-7-30(35(28)41)45-38-37-26(10-12-43-38)15-25(17-44-37)18-48-14-11-27(53)19-48/h2-3,5-8,10,12,15-17,27,33,53H,4,9,11,13-14,18-23H2,1H3,(H,43,45)(H,46,54)/t27-,33?/m1/s1. The van der Waals surface area contributed by atoms with Crippen LogP contribution in [0, 0.1) is 5.41 Å². The summed E-state index contributed by atoms with van der Waals surface area (Å²) in [6.07, 6.45) is 6.13. The second-order valence-corrected chi connectivity index (χ2v) is 16.0. The number of aryl methyl sites for hydroxylation is 1. The van der Waals surface area contributed by atoms with Gasteiger partial charge in [0.2, 0.25) is 5.91 Å². The highest BCUT2D eigenvalue weighted by molar-refractivity contribution is 6.39. The first-order valence-electron chi connectivity index (χ1n) is 18.5. The maximum absolute atomic E-state index is 13.6. The van der Waals surface area contributed by atoms with E-state index in [0.29, 0.717) is 56.1 Å². The molecular formula is C40H41Cl2N9O3. The van der Waals surface area contributed by atoms with Crippen LogP contribution in [0.2, 0.25) is 10.0 Å². The van der Waals surface area contributed by atoms with E-state index >= 15 is 0 Å². The molecule has 3 saturated heterocycles. The molecule has 5 aromatic rings. The third kappa shape index (κ3) is 6.49. The van der Waals surface area contributed by atoms with Crippen LogP contribution in [0.5, 0.6) is 0 Å². The molecule has 1 spiro atoms. The maximum Gasteiger partial charge on any atom is 0.276 e. The molecule has 3 aromatic heterocycles. The van der Waals surface area contributed by atoms with Crippen molar-refractivity contribution in [2.45, 2.75) is 51.4 Å². The van der Waals surface area contributed by atoms with E-state index < -0.39 is 0 Å². The fraction of sp³-hybridized carbons (Fsp3) is 0.375. The number of carbonyl (C=O) groups is 2. The number of aromatic nitrogens is 4. The van der Waals surface area contributed by atoms with E-state index in [1.54, 1.807) is 19.2 Å². The summed E-state index contributed by atoms with van der Waals surface area (Å²) in [5.41, 5.74) is 5.85. The lowest BCUT2D eigenvalue weighted by atomic mass is 9.71. The first-order valence-corrected chi connectivity index (χ1v) is 19.3. The zero-order valence-electron chi connectivity index (χ0n) is 29.9. The minimum atomic E-state index is -0.330. The Hall–Kier alpha value is -4.59. The van der Waals surface area contributed by atoms with Crippen molar-refractivity contribution in [1.29, 1.82) is 0 Å². The number of likely N-dealkylation sites (tertiary alicyclic amines) is 3. The van der Waals surface area contributed by atoms with Crippen LogP contribution in [0.15, 0.2) is 67.0 Å². The van der Waals surface area contributed by atoms with Gasteiger partial charge in [-0.1, -0.05) is 47.5 Å². The zero-order valence-corrected chi connectivity index (χ0v) is 31.4. The van der Waals surface area contributed by atoms with Crippen molar-refractivity contribution < 1.29 is 14.7 Å². The number of anilines is 3. The Bertz CT molecular complexity index is 2280. The van der Waals surface area contributed by atoms with E-state index in [0.717, 1.165) is 81.7 Å². The molecule has 2 aromatic carbocycles. The van der Waals surface area contributed by atoms with Gasteiger partial charge in [-0.25, -0.2) is 4.98 Å². The summed E-state index contributed by atoms with van der Waals surface area (Å²) in [6.45, 7) is 8.25. The van der Waals surface area contributed by atoms with Crippen molar-refractivity contribution in [3.8, 4) is 11.1 Å². The monoisotopic (exact) mass is 765 g/mol. The topological polar surface area (TPSA) is 132 Å². The van der Waals surface area contributed by atoms with Crippen LogP contribution in [0.4, 0.5) is 17.2 Å². The van der Waals surface area contributed by atoms with Gasteiger partial charge in [-0.05, 0) is 55.2 Å². The second kappa shape index (κ2) is 13.9. The number of hydrogen-bond donors (Lipinski definition) is 3. The Morgan fingerprint density at radius 3 is 2.44 bits per heavy atom. The quantitative estimate of drug-likeness (QED) is 0.165. The number of rotatable bonds is 8. The first kappa shape index (κ1) is 35.1. The predicted molar refractivity (Wildman–Crippen MR) is 209 cm³/mol. The summed E-state index contributed by atoms with van der Waals surface area (Å²) < 4.78 is 1.97. The van der Waals surface area contributed by atoms with E-state index in [2.05, 4.69) is 31.5 Å². The average Bonchev–Trinajstić information content (AvgIpc) is 3.75. The fourth-order valence-electron chi connectivity index (χ4n) is 8.65. The van der Waals surface area contributed by atoms with Gasteiger partial charge < -0.3 is 20.6 Å². The maximum atomic E-state index is 13.6. The van der Waals surface area contributed by atoms with Crippen molar-refractivity contribution >= 4 is 63.1 Å². The third-order valence-corrected chi connectivity index (χ3v) is 12.2. The number of carbonyl (C=O) groups excluding carboxylic acids is 2. The molecule has 0 saturated carbocycles. The van der Waals surface area contributed by atoms with Crippen molar-refractivity contribution in [2.75, 3.05) is 49.9 Å². The summed E-state index contributed by atoms with van der Waals surface area (Å²) in [5, 5.41) is 22.8. The van der Waals surface area contributed by atoms with E-state index in [1.807, 2.05) is 58.2 Å². The van der Waals surface area contributed by atoms with E-state index in [4.69, 9.17) is 33.3 Å². The highest BCUT2D eigenvalue weighted by Crippen LogP contribution is 2.46. The van der Waals surface area contributed by atoms with Gasteiger partial charge >= 0.3 is 0 Å². The van der Waals surface area contributed by atoms with Crippen molar-refractivity contribution in [3.05, 3.63) is 94.0 Å². The van der Waals surface area contributed by atoms with E-state index in [9.17, 15) is 14.7 Å². The number of nitrogens with one attached hydrogen (secondary N) is 2. The number of halogens is 2. The van der Waals surface area contributed by atoms with Crippen LogP contribution >= 0.6 is 23.2 Å². The lowest BCUT2D eigenvalue weighted by Gasteiger charge is -2.62. The minimum Gasteiger partial charge on any atom is -0.392 e. The summed E-state index contributed by atoms with van der Waals surface area (Å²) in [6, 6.07) is 17.3. The van der Waals surface area contributed by atoms with Gasteiger partial charge in [-0.15, -0.1) is 0 Å². The summed E-state index contributed by atoms with van der Waals surface area (Å²) in [5.74, 6) is 0.383. The van der Waals surface area contributed by atoms with Crippen LogP contribution in [-0.2, 0) is 17.9 Å². The van der Waals surface area contributed by atoms with Gasteiger partial charge in [0.25, 0.3) is 5.91 Å². The van der Waals surface area contributed by atoms with Gasteiger partial charge in [0.1, 0.15) is 5.52 Å². The molecule has 4 aliphatic rings. The Labute approximate surface area is 323 Å². The molecule has 3 N–H and O–H groups in total. The van der Waals surface area contributed by atoms with Crippen LogP contribution in [-0.4, -0.2) is 96.7 Å². The minimum absolute atomic E-state index is 0.142. The van der Waals surface area contributed by atoms with E-state index in [1.165, 1.54) is 0 Å². The van der Waals surface area contributed by atoms with E-state index in [-0.39, 0.29) is 29.4 Å².